The summed E-state index contributed by atoms with van der Waals surface area (Å²) in [5, 5.41) is 42.5. The molecule has 0 fully saturated rings. The number of aryl methyl sites for hydroxylation is 2. The third kappa shape index (κ3) is 11.4. The molecular weight excluding hydrogens is 707 g/mol. The Balaban J connectivity index is 0.00000433. The number of anilines is 2. The first-order valence-corrected chi connectivity index (χ1v) is 17.1. The first kappa shape index (κ1) is 43.0. The smallest absolute Gasteiger partial charge is 0.744 e. The molecule has 0 aliphatic heterocycles. The molecule has 0 aliphatic rings. The fraction of sp³-hybridized carbons (Fsp3) is 0.226. The molecule has 0 aliphatic carbocycles. The minimum Gasteiger partial charge on any atom is -0.744 e. The quantitative estimate of drug-likeness (QED) is 0.0904. The van der Waals surface area contributed by atoms with E-state index in [-0.39, 0.29) is 94.2 Å². The second kappa shape index (κ2) is 18.9. The van der Waals surface area contributed by atoms with E-state index in [1.165, 1.54) is 30.3 Å². The first-order chi connectivity index (χ1) is 22.7. The minimum atomic E-state index is -4.64. The summed E-state index contributed by atoms with van der Waals surface area (Å²) in [5.41, 5.74) is 4.27. The summed E-state index contributed by atoms with van der Waals surface area (Å²) in [5.74, 6) is 0.548. The van der Waals surface area contributed by atoms with E-state index in [0.29, 0.717) is 52.5 Å². The van der Waals surface area contributed by atoms with E-state index in [4.69, 9.17) is 0 Å². The van der Waals surface area contributed by atoms with Crippen molar-refractivity contribution in [3.8, 4) is 6.07 Å². The largest absolute Gasteiger partial charge is 1.00 e. The van der Waals surface area contributed by atoms with E-state index >= 15 is 0 Å². The summed E-state index contributed by atoms with van der Waals surface area (Å²) in [4.78, 5) is 3.81. The van der Waals surface area contributed by atoms with E-state index in [1.807, 2.05) is 0 Å². The number of pyridine rings is 1. The molecule has 0 saturated heterocycles. The van der Waals surface area contributed by atoms with Gasteiger partial charge in [-0.1, -0.05) is 18.2 Å². The molecule has 4 rings (SSSR count). The maximum atomic E-state index is 11.3. The van der Waals surface area contributed by atoms with Crippen LogP contribution in [0, 0.1) is 32.1 Å². The first-order valence-electron chi connectivity index (χ1n) is 14.3. The van der Waals surface area contributed by atoms with Crippen molar-refractivity contribution < 1.29 is 90.2 Å². The van der Waals surface area contributed by atoms with Gasteiger partial charge in [-0.25, -0.2) is 21.8 Å². The number of azo groups is 2. The number of hydrogen-bond donors (Lipinski definition) is 3. The van der Waals surface area contributed by atoms with E-state index in [2.05, 4.69) is 42.1 Å². The number of nitrogens with one attached hydrogen (secondary N) is 2. The third-order valence-corrected chi connectivity index (χ3v) is 8.68. The van der Waals surface area contributed by atoms with Gasteiger partial charge in [-0.15, -0.1) is 5.11 Å². The van der Waals surface area contributed by atoms with E-state index < -0.39 is 25.1 Å². The number of nitrogens with zero attached hydrogens (tertiary/aromatic N) is 6. The van der Waals surface area contributed by atoms with Crippen molar-refractivity contribution in [2.45, 2.75) is 37.0 Å². The fourth-order valence-electron chi connectivity index (χ4n) is 4.44. The van der Waals surface area contributed by atoms with Crippen molar-refractivity contribution in [2.24, 2.45) is 20.5 Å². The van der Waals surface area contributed by atoms with Crippen LogP contribution in [0.15, 0.2) is 90.9 Å². The Hall–Kier alpha value is -3.12. The average molecular weight is 737 g/mol. The molecule has 0 radical (unpaired) electrons. The molecule has 0 bridgehead atoms. The Bertz CT molecular complexity index is 2160. The van der Waals surface area contributed by atoms with Crippen molar-refractivity contribution in [3.05, 3.63) is 88.5 Å². The Morgan fingerprint density at radius 1 is 0.780 bits per heavy atom. The van der Waals surface area contributed by atoms with Gasteiger partial charge in [0, 0.05) is 18.7 Å². The Labute approximate surface area is 334 Å². The van der Waals surface area contributed by atoms with Crippen LogP contribution >= 0.6 is 0 Å². The van der Waals surface area contributed by atoms with Crippen LogP contribution in [0.25, 0.3) is 0 Å². The van der Waals surface area contributed by atoms with Crippen LogP contribution in [0.3, 0.4) is 0 Å². The predicted octanol–water partition coefficient (Wildman–Crippen LogP) is -0.416. The zero-order chi connectivity index (χ0) is 35.1. The van der Waals surface area contributed by atoms with Gasteiger partial charge >= 0.3 is 59.1 Å². The van der Waals surface area contributed by atoms with Gasteiger partial charge in [0.05, 0.1) is 39.0 Å². The monoisotopic (exact) mass is 736 g/mol. The van der Waals surface area contributed by atoms with Crippen LogP contribution in [0.2, 0.25) is 0 Å². The second-order valence-electron chi connectivity index (χ2n) is 10.5. The van der Waals surface area contributed by atoms with Crippen LogP contribution in [-0.2, 0) is 26.7 Å². The number of rotatable bonds is 13. The molecule has 3 N–H and O–H groups in total. The van der Waals surface area contributed by atoms with Crippen LogP contribution in [0.4, 0.5) is 34.4 Å². The number of benzene rings is 3. The van der Waals surface area contributed by atoms with E-state index in [9.17, 15) is 36.3 Å². The van der Waals surface area contributed by atoms with Crippen molar-refractivity contribution >= 4 is 54.6 Å². The molecular formula is C31H30N8Na2O7S2. The normalized spacial score (nSPS) is 11.5. The van der Waals surface area contributed by atoms with Gasteiger partial charge in [-0.2, -0.15) is 20.6 Å². The molecule has 0 atom stereocenters. The van der Waals surface area contributed by atoms with Gasteiger partial charge in [-0.3, -0.25) is 0 Å². The zero-order valence-corrected chi connectivity index (χ0v) is 33.6. The van der Waals surface area contributed by atoms with Gasteiger partial charge < -0.3 is 24.8 Å². The standard InChI is InChI=1S/C31H32N8O7S2.2Na/c1-19-16-28(20(2)15-27(19)37-36-23-5-4-6-25(17-23)48(44,45)46)38-39-29-21(3)26(18-32)30(34-13-14-40)35-31(29)33-12-11-22-7-9-24(10-8-22)47(41,42)43;;/h4-10,15-17,40H,11-14H2,1-3H3,(H2,33,34,35)(H,41,42,43)(H,44,45,46);;/q;2*+1/p-2. The molecule has 250 valence electrons. The number of aliphatic hydroxyl groups excluding tert-OH is 1. The molecule has 1 heterocycles. The number of aromatic nitrogens is 1. The van der Waals surface area contributed by atoms with Crippen molar-refractivity contribution in [1.29, 1.82) is 5.26 Å². The molecule has 0 spiro atoms. The van der Waals surface area contributed by atoms with Crippen molar-refractivity contribution in [3.63, 3.8) is 0 Å². The average Bonchev–Trinajstić information content (AvgIpc) is 3.03. The Morgan fingerprint density at radius 2 is 1.36 bits per heavy atom. The van der Waals surface area contributed by atoms with E-state index in [0.717, 1.165) is 11.6 Å². The van der Waals surface area contributed by atoms with E-state index in [1.54, 1.807) is 45.0 Å². The third-order valence-electron chi connectivity index (χ3n) is 7.00. The van der Waals surface area contributed by atoms with Gasteiger partial charge in [-0.05, 0) is 86.3 Å². The molecule has 0 amide bonds. The van der Waals surface area contributed by atoms with Crippen molar-refractivity contribution in [2.75, 3.05) is 30.3 Å². The van der Waals surface area contributed by atoms with Gasteiger partial charge in [0.15, 0.2) is 5.82 Å². The predicted molar refractivity (Wildman–Crippen MR) is 175 cm³/mol. The molecule has 50 heavy (non-hydrogen) atoms. The topological polar surface area (TPSA) is 245 Å². The van der Waals surface area contributed by atoms with Crippen LogP contribution < -0.4 is 69.7 Å². The van der Waals surface area contributed by atoms with Crippen LogP contribution in [0.5, 0.6) is 0 Å². The summed E-state index contributed by atoms with van der Waals surface area (Å²) in [6.45, 7) is 5.55. The summed E-state index contributed by atoms with van der Waals surface area (Å²) >= 11 is 0. The SMILES string of the molecule is Cc1cc(N=Nc2c(NCCc3ccc(S(=O)(=O)[O-])cc3)nc(NCCO)c(C#N)c2C)c(C)cc1N=Nc1cccc(S(=O)(=O)[O-])c1.[Na+].[Na+]. The number of aliphatic hydroxyl groups is 1. The van der Waals surface area contributed by atoms with Crippen LogP contribution in [0.1, 0.15) is 27.8 Å². The Morgan fingerprint density at radius 3 is 1.92 bits per heavy atom. The zero-order valence-electron chi connectivity index (χ0n) is 28.0. The maximum Gasteiger partial charge on any atom is 1.00 e. The molecule has 3 aromatic carbocycles. The Kier molecular flexibility index (Phi) is 16.3. The molecule has 0 unspecified atom stereocenters. The molecule has 19 heteroatoms. The second-order valence-corrected chi connectivity index (χ2v) is 13.2. The summed E-state index contributed by atoms with van der Waals surface area (Å²) in [6, 6.07) is 16.4. The molecule has 0 saturated carbocycles. The maximum absolute atomic E-state index is 11.3. The summed E-state index contributed by atoms with van der Waals surface area (Å²) < 4.78 is 67.7. The molecule has 4 aromatic rings. The fourth-order valence-corrected chi connectivity index (χ4v) is 5.42. The molecule has 15 nitrogen and oxygen atoms in total. The molecule has 1 aromatic heterocycles. The number of hydrogen-bond acceptors (Lipinski definition) is 15. The number of nitriles is 1. The van der Waals surface area contributed by atoms with Crippen molar-refractivity contribution in [1.82, 2.24) is 4.98 Å². The summed E-state index contributed by atoms with van der Waals surface area (Å²) in [7, 11) is -9.20. The summed E-state index contributed by atoms with van der Waals surface area (Å²) in [6.07, 6.45) is 0.432. The van der Waals surface area contributed by atoms with Gasteiger partial charge in [0.2, 0.25) is 0 Å². The van der Waals surface area contributed by atoms with Crippen LogP contribution in [-0.4, -0.2) is 55.7 Å². The van der Waals surface area contributed by atoms with Gasteiger partial charge in [0.25, 0.3) is 0 Å². The minimum absolute atomic E-state index is 0. The van der Waals surface area contributed by atoms with Gasteiger partial charge in [0.1, 0.15) is 37.8 Å².